The van der Waals surface area contributed by atoms with Crippen LogP contribution in [0, 0.1) is 0 Å². The molecule has 382 valence electrons. The average Bonchev–Trinajstić information content (AvgIpc) is 3.30. The SMILES string of the molecule is CCCCCCC/C=C\CCCCCCCC(=O)OC[C@H](COC(=O)CCCCCCCCCCCCCCCCCCCC)OC(=O)CCCCCCC/C=C\CCCCCCCC. The summed E-state index contributed by atoms with van der Waals surface area (Å²) in [4.78, 5) is 38.1. The predicted molar refractivity (Wildman–Crippen MR) is 279 cm³/mol. The normalized spacial score (nSPS) is 12.1. The number of esters is 3. The summed E-state index contributed by atoms with van der Waals surface area (Å²) in [5.41, 5.74) is 0. The van der Waals surface area contributed by atoms with Crippen LogP contribution in [0.5, 0.6) is 0 Å². The zero-order valence-electron chi connectivity index (χ0n) is 43.8. The monoisotopic (exact) mass is 915 g/mol. The van der Waals surface area contributed by atoms with Crippen molar-refractivity contribution in [1.82, 2.24) is 0 Å². The molecule has 0 unspecified atom stereocenters. The van der Waals surface area contributed by atoms with Crippen molar-refractivity contribution in [2.75, 3.05) is 13.2 Å². The van der Waals surface area contributed by atoms with E-state index in [1.807, 2.05) is 0 Å². The number of rotatable bonds is 53. The highest BCUT2D eigenvalue weighted by molar-refractivity contribution is 5.71. The van der Waals surface area contributed by atoms with Crippen LogP contribution in [0.3, 0.4) is 0 Å². The van der Waals surface area contributed by atoms with Gasteiger partial charge in [-0.3, -0.25) is 14.4 Å². The first-order valence-corrected chi connectivity index (χ1v) is 28.8. The maximum Gasteiger partial charge on any atom is 0.306 e. The van der Waals surface area contributed by atoms with Crippen LogP contribution < -0.4 is 0 Å². The Labute approximate surface area is 404 Å². The van der Waals surface area contributed by atoms with E-state index >= 15 is 0 Å². The van der Waals surface area contributed by atoms with Gasteiger partial charge in [-0.2, -0.15) is 0 Å². The van der Waals surface area contributed by atoms with Gasteiger partial charge in [0.1, 0.15) is 13.2 Å². The van der Waals surface area contributed by atoms with Crippen molar-refractivity contribution in [3.05, 3.63) is 24.3 Å². The lowest BCUT2D eigenvalue weighted by Crippen LogP contribution is -2.30. The van der Waals surface area contributed by atoms with Gasteiger partial charge >= 0.3 is 17.9 Å². The fourth-order valence-electron chi connectivity index (χ4n) is 8.55. The van der Waals surface area contributed by atoms with Gasteiger partial charge in [-0.1, -0.05) is 251 Å². The van der Waals surface area contributed by atoms with Crippen LogP contribution >= 0.6 is 0 Å². The van der Waals surface area contributed by atoms with E-state index in [1.165, 1.54) is 205 Å². The summed E-state index contributed by atoms with van der Waals surface area (Å²) < 4.78 is 16.9. The van der Waals surface area contributed by atoms with Crippen LogP contribution in [0.15, 0.2) is 24.3 Å². The van der Waals surface area contributed by atoms with E-state index in [2.05, 4.69) is 45.1 Å². The molecule has 1 atom stereocenters. The van der Waals surface area contributed by atoms with E-state index in [0.717, 1.165) is 70.6 Å². The molecule has 0 aliphatic heterocycles. The minimum absolute atomic E-state index is 0.0728. The van der Waals surface area contributed by atoms with Crippen LogP contribution in [0.2, 0.25) is 0 Å². The molecule has 0 saturated carbocycles. The molecule has 0 radical (unpaired) electrons. The van der Waals surface area contributed by atoms with Gasteiger partial charge in [0.2, 0.25) is 0 Å². The maximum absolute atomic E-state index is 12.8. The third kappa shape index (κ3) is 52.7. The molecular weight excluding hydrogens is 805 g/mol. The molecule has 0 aromatic rings. The van der Waals surface area contributed by atoms with E-state index in [1.54, 1.807) is 0 Å². The number of hydrogen-bond acceptors (Lipinski definition) is 6. The first-order chi connectivity index (χ1) is 32.0. The van der Waals surface area contributed by atoms with E-state index in [4.69, 9.17) is 14.2 Å². The number of carbonyl (C=O) groups excluding carboxylic acids is 3. The lowest BCUT2D eigenvalue weighted by molar-refractivity contribution is -0.167. The molecule has 0 rings (SSSR count). The highest BCUT2D eigenvalue weighted by atomic mass is 16.6. The Morgan fingerprint density at radius 3 is 0.769 bits per heavy atom. The van der Waals surface area contributed by atoms with Crippen molar-refractivity contribution in [2.24, 2.45) is 0 Å². The lowest BCUT2D eigenvalue weighted by Gasteiger charge is -2.18. The van der Waals surface area contributed by atoms with Crippen molar-refractivity contribution in [2.45, 2.75) is 322 Å². The second-order valence-corrected chi connectivity index (χ2v) is 19.6. The summed E-state index contributed by atoms with van der Waals surface area (Å²) in [5, 5.41) is 0. The molecular formula is C59H110O6. The number of hydrogen-bond donors (Lipinski definition) is 0. The first-order valence-electron chi connectivity index (χ1n) is 28.8. The molecule has 0 spiro atoms. The third-order valence-corrected chi connectivity index (χ3v) is 12.9. The molecule has 0 amide bonds. The largest absolute Gasteiger partial charge is 0.462 e. The first kappa shape index (κ1) is 62.9. The Balaban J connectivity index is 4.33. The molecule has 0 aromatic carbocycles. The van der Waals surface area contributed by atoms with Gasteiger partial charge in [-0.15, -0.1) is 0 Å². The summed E-state index contributed by atoms with van der Waals surface area (Å²) in [6.45, 7) is 6.66. The molecule has 0 N–H and O–H groups in total. The topological polar surface area (TPSA) is 78.9 Å². The minimum atomic E-state index is -0.775. The Morgan fingerprint density at radius 2 is 0.508 bits per heavy atom. The van der Waals surface area contributed by atoms with Gasteiger partial charge in [0, 0.05) is 19.3 Å². The molecule has 0 aliphatic rings. The average molecular weight is 916 g/mol. The summed E-state index contributed by atoms with van der Waals surface area (Å²) in [6.07, 6.45) is 63.1. The van der Waals surface area contributed by atoms with E-state index in [0.29, 0.717) is 19.3 Å². The number of unbranched alkanes of at least 4 members (excludes halogenated alkanes) is 38. The maximum atomic E-state index is 12.8. The van der Waals surface area contributed by atoms with Crippen molar-refractivity contribution in [3.63, 3.8) is 0 Å². The molecule has 0 saturated heterocycles. The molecule has 0 aliphatic carbocycles. The fraction of sp³-hybridized carbons (Fsp3) is 0.881. The van der Waals surface area contributed by atoms with Crippen LogP contribution in [0.1, 0.15) is 316 Å². The zero-order chi connectivity index (χ0) is 47.2. The Morgan fingerprint density at radius 1 is 0.292 bits per heavy atom. The van der Waals surface area contributed by atoms with Gasteiger partial charge in [0.15, 0.2) is 6.10 Å². The van der Waals surface area contributed by atoms with Crippen molar-refractivity contribution < 1.29 is 28.6 Å². The van der Waals surface area contributed by atoms with E-state index in [9.17, 15) is 14.4 Å². The second-order valence-electron chi connectivity index (χ2n) is 19.6. The van der Waals surface area contributed by atoms with Crippen molar-refractivity contribution in [3.8, 4) is 0 Å². The van der Waals surface area contributed by atoms with Gasteiger partial charge in [-0.25, -0.2) is 0 Å². The molecule has 6 heteroatoms. The third-order valence-electron chi connectivity index (χ3n) is 12.9. The Bertz CT molecular complexity index is 1050. The molecule has 0 aromatic heterocycles. The van der Waals surface area contributed by atoms with E-state index < -0.39 is 6.10 Å². The van der Waals surface area contributed by atoms with Crippen LogP contribution in [-0.2, 0) is 28.6 Å². The number of carbonyl (C=O) groups is 3. The number of ether oxygens (including phenoxy) is 3. The summed E-state index contributed by atoms with van der Waals surface area (Å²) in [6, 6.07) is 0. The molecule has 0 fully saturated rings. The quantitative estimate of drug-likeness (QED) is 0.0262. The van der Waals surface area contributed by atoms with Crippen molar-refractivity contribution in [1.29, 1.82) is 0 Å². The fourth-order valence-corrected chi connectivity index (χ4v) is 8.55. The smallest absolute Gasteiger partial charge is 0.306 e. The second kappa shape index (κ2) is 54.5. The van der Waals surface area contributed by atoms with Gasteiger partial charge in [0.05, 0.1) is 0 Å². The summed E-state index contributed by atoms with van der Waals surface area (Å²) in [7, 11) is 0. The molecule has 0 bridgehead atoms. The molecule has 65 heavy (non-hydrogen) atoms. The van der Waals surface area contributed by atoms with Crippen LogP contribution in [-0.4, -0.2) is 37.2 Å². The zero-order valence-corrected chi connectivity index (χ0v) is 43.8. The van der Waals surface area contributed by atoms with Crippen LogP contribution in [0.25, 0.3) is 0 Å². The Hall–Kier alpha value is -2.11. The van der Waals surface area contributed by atoms with Gasteiger partial charge in [0.25, 0.3) is 0 Å². The molecule has 0 heterocycles. The predicted octanol–water partition coefficient (Wildman–Crippen LogP) is 19.1. The van der Waals surface area contributed by atoms with Crippen LogP contribution in [0.4, 0.5) is 0 Å². The highest BCUT2D eigenvalue weighted by Crippen LogP contribution is 2.16. The Kier molecular flexibility index (Phi) is 52.7. The minimum Gasteiger partial charge on any atom is -0.462 e. The van der Waals surface area contributed by atoms with Gasteiger partial charge in [-0.05, 0) is 70.6 Å². The van der Waals surface area contributed by atoms with E-state index in [-0.39, 0.29) is 31.1 Å². The lowest BCUT2D eigenvalue weighted by atomic mass is 10.0. The van der Waals surface area contributed by atoms with Gasteiger partial charge < -0.3 is 14.2 Å². The highest BCUT2D eigenvalue weighted by Gasteiger charge is 2.19. The standard InChI is InChI=1S/C59H110O6/c1-4-7-10-13-16-19-22-25-28-29-30-32-34-37-40-43-46-49-52-58(61)64-55-56(54-63-57(60)51-48-45-42-39-36-33-27-24-21-18-15-12-9-6-3)65-59(62)53-50-47-44-41-38-35-31-26-23-20-17-14-11-8-5-2/h24,26-27,31,56H,4-23,25,28-30,32-55H2,1-3H3/b27-24-,31-26-/t56-/m1/s1. The summed E-state index contributed by atoms with van der Waals surface area (Å²) >= 11 is 0. The molecule has 6 nitrogen and oxygen atoms in total. The summed E-state index contributed by atoms with van der Waals surface area (Å²) in [5.74, 6) is -0.871. The van der Waals surface area contributed by atoms with Crippen molar-refractivity contribution >= 4 is 17.9 Å². The number of allylic oxidation sites excluding steroid dienone is 4.